The van der Waals surface area contributed by atoms with Crippen LogP contribution in [0.25, 0.3) is 10.8 Å². The number of methoxy groups -OCH3 is 1. The van der Waals surface area contributed by atoms with E-state index in [0.717, 1.165) is 22.1 Å². The zero-order valence-electron chi connectivity index (χ0n) is 13.6. The molecule has 0 aliphatic rings. The maximum absolute atomic E-state index is 12.7. The van der Waals surface area contributed by atoms with Crippen molar-refractivity contribution in [3.05, 3.63) is 42.0 Å². The minimum absolute atomic E-state index is 0.137. The number of carbonyl (C=O) groups is 1. The zero-order valence-corrected chi connectivity index (χ0v) is 13.6. The largest absolute Gasteiger partial charge is 0.496 e. The molecule has 0 spiro atoms. The molecule has 2 aromatic carbocycles. The van der Waals surface area contributed by atoms with Crippen molar-refractivity contribution in [2.45, 2.75) is 34.1 Å². The second-order valence-electron chi connectivity index (χ2n) is 6.76. The van der Waals surface area contributed by atoms with Crippen LogP contribution >= 0.6 is 0 Å². The van der Waals surface area contributed by atoms with Crippen LogP contribution in [-0.2, 0) is 0 Å². The van der Waals surface area contributed by atoms with Crippen LogP contribution in [0.3, 0.4) is 0 Å². The molecule has 0 aliphatic carbocycles. The number of fused-ring (bicyclic) bond motifs is 1. The summed E-state index contributed by atoms with van der Waals surface area (Å²) in [5.74, 6) is 1.35. The standard InChI is InChI=1S/C19H24O2/c1-13(19(2,3)4)12-17(20)15-10-11-18(21-5)16-9-7-6-8-14(15)16/h6-11,13H,12H2,1-5H3. The van der Waals surface area contributed by atoms with Crippen molar-refractivity contribution in [2.24, 2.45) is 11.3 Å². The third kappa shape index (κ3) is 3.26. The Hall–Kier alpha value is -1.83. The minimum Gasteiger partial charge on any atom is -0.496 e. The van der Waals surface area contributed by atoms with E-state index < -0.39 is 0 Å². The first kappa shape index (κ1) is 15.6. The average molecular weight is 284 g/mol. The van der Waals surface area contributed by atoms with E-state index in [1.807, 2.05) is 36.4 Å². The molecule has 0 saturated heterocycles. The van der Waals surface area contributed by atoms with Gasteiger partial charge in [0.2, 0.25) is 0 Å². The van der Waals surface area contributed by atoms with E-state index >= 15 is 0 Å². The fourth-order valence-electron chi connectivity index (χ4n) is 2.39. The quantitative estimate of drug-likeness (QED) is 0.730. The molecule has 21 heavy (non-hydrogen) atoms. The van der Waals surface area contributed by atoms with Crippen LogP contribution in [0, 0.1) is 11.3 Å². The number of ketones is 1. The number of hydrogen-bond acceptors (Lipinski definition) is 2. The van der Waals surface area contributed by atoms with Gasteiger partial charge in [-0.25, -0.2) is 0 Å². The van der Waals surface area contributed by atoms with Crippen LogP contribution in [0.5, 0.6) is 5.75 Å². The van der Waals surface area contributed by atoms with E-state index in [0.29, 0.717) is 12.3 Å². The Bertz CT molecular complexity index is 650. The van der Waals surface area contributed by atoms with Crippen molar-refractivity contribution in [3.63, 3.8) is 0 Å². The molecule has 2 nitrogen and oxygen atoms in total. The van der Waals surface area contributed by atoms with E-state index in [-0.39, 0.29) is 11.2 Å². The van der Waals surface area contributed by atoms with Crippen molar-refractivity contribution in [1.29, 1.82) is 0 Å². The Morgan fingerprint density at radius 2 is 1.71 bits per heavy atom. The molecule has 0 heterocycles. The van der Waals surface area contributed by atoms with E-state index in [1.165, 1.54) is 0 Å². The van der Waals surface area contributed by atoms with Crippen LogP contribution in [0.4, 0.5) is 0 Å². The highest BCUT2D eigenvalue weighted by Crippen LogP contribution is 2.32. The SMILES string of the molecule is COc1ccc(C(=O)CC(C)C(C)(C)C)c2ccccc12. The molecule has 0 bridgehead atoms. The Morgan fingerprint density at radius 1 is 1.10 bits per heavy atom. The van der Waals surface area contributed by atoms with Crippen molar-refractivity contribution in [1.82, 2.24) is 0 Å². The monoisotopic (exact) mass is 284 g/mol. The van der Waals surface area contributed by atoms with Gasteiger partial charge in [-0.15, -0.1) is 0 Å². The molecule has 1 atom stereocenters. The summed E-state index contributed by atoms with van der Waals surface area (Å²) in [5.41, 5.74) is 0.931. The lowest BCUT2D eigenvalue weighted by Gasteiger charge is -2.26. The van der Waals surface area contributed by atoms with Gasteiger partial charge in [0.15, 0.2) is 5.78 Å². The van der Waals surface area contributed by atoms with E-state index in [4.69, 9.17) is 4.74 Å². The molecule has 0 N–H and O–H groups in total. The molecule has 0 aliphatic heterocycles. The Kier molecular flexibility index (Phi) is 4.36. The molecule has 0 aromatic heterocycles. The van der Waals surface area contributed by atoms with Crippen molar-refractivity contribution in [2.75, 3.05) is 7.11 Å². The van der Waals surface area contributed by atoms with Gasteiger partial charge < -0.3 is 4.74 Å². The fourth-order valence-corrected chi connectivity index (χ4v) is 2.39. The number of ether oxygens (including phenoxy) is 1. The summed E-state index contributed by atoms with van der Waals surface area (Å²) >= 11 is 0. The highest BCUT2D eigenvalue weighted by Gasteiger charge is 2.24. The molecule has 0 amide bonds. The Labute approximate surface area is 127 Å². The van der Waals surface area contributed by atoms with Crippen LogP contribution in [0.1, 0.15) is 44.5 Å². The second kappa shape index (κ2) is 5.88. The van der Waals surface area contributed by atoms with Gasteiger partial charge in [-0.3, -0.25) is 4.79 Å². The normalized spacial score (nSPS) is 13.2. The summed E-state index contributed by atoms with van der Waals surface area (Å²) < 4.78 is 5.39. The number of Topliss-reactive ketones (excluding diaryl/α,β-unsaturated/α-hetero) is 1. The summed E-state index contributed by atoms with van der Waals surface area (Å²) in [4.78, 5) is 12.7. The minimum atomic E-state index is 0.137. The maximum Gasteiger partial charge on any atom is 0.163 e. The van der Waals surface area contributed by atoms with Crippen molar-refractivity contribution in [3.8, 4) is 5.75 Å². The number of hydrogen-bond donors (Lipinski definition) is 0. The summed E-state index contributed by atoms with van der Waals surface area (Å²) in [6.07, 6.45) is 0.569. The van der Waals surface area contributed by atoms with Crippen LogP contribution in [0.15, 0.2) is 36.4 Å². The van der Waals surface area contributed by atoms with Crippen molar-refractivity contribution < 1.29 is 9.53 Å². The van der Waals surface area contributed by atoms with Gasteiger partial charge in [0.1, 0.15) is 5.75 Å². The molecule has 2 heteroatoms. The number of rotatable bonds is 4. The number of carbonyl (C=O) groups excluding carboxylic acids is 1. The predicted molar refractivity (Wildman–Crippen MR) is 88.1 cm³/mol. The molecular formula is C19H24O2. The lowest BCUT2D eigenvalue weighted by molar-refractivity contribution is 0.0929. The zero-order chi connectivity index (χ0) is 15.6. The molecule has 2 aromatic rings. The fraction of sp³-hybridized carbons (Fsp3) is 0.421. The van der Waals surface area contributed by atoms with Gasteiger partial charge in [-0.1, -0.05) is 52.0 Å². The summed E-state index contributed by atoms with van der Waals surface area (Å²) in [6, 6.07) is 11.7. The van der Waals surface area contributed by atoms with Crippen LogP contribution in [-0.4, -0.2) is 12.9 Å². The lowest BCUT2D eigenvalue weighted by Crippen LogP contribution is -2.20. The second-order valence-corrected chi connectivity index (χ2v) is 6.76. The predicted octanol–water partition coefficient (Wildman–Crippen LogP) is 5.10. The molecule has 0 radical (unpaired) electrons. The van der Waals surface area contributed by atoms with Crippen molar-refractivity contribution >= 4 is 16.6 Å². The average Bonchev–Trinajstić information content (AvgIpc) is 2.44. The molecular weight excluding hydrogens is 260 g/mol. The molecule has 2 rings (SSSR count). The molecule has 112 valence electrons. The van der Waals surface area contributed by atoms with E-state index in [1.54, 1.807) is 7.11 Å². The van der Waals surface area contributed by atoms with Gasteiger partial charge >= 0.3 is 0 Å². The summed E-state index contributed by atoms with van der Waals surface area (Å²) in [5, 5.41) is 1.97. The van der Waals surface area contributed by atoms with Gasteiger partial charge in [0.05, 0.1) is 7.11 Å². The topological polar surface area (TPSA) is 26.3 Å². The van der Waals surface area contributed by atoms with E-state index in [9.17, 15) is 4.79 Å². The molecule has 0 fully saturated rings. The maximum atomic E-state index is 12.7. The summed E-state index contributed by atoms with van der Waals surface area (Å²) in [7, 11) is 1.66. The van der Waals surface area contributed by atoms with Crippen LogP contribution < -0.4 is 4.74 Å². The van der Waals surface area contributed by atoms with Crippen LogP contribution in [0.2, 0.25) is 0 Å². The van der Waals surface area contributed by atoms with Gasteiger partial charge in [-0.2, -0.15) is 0 Å². The highest BCUT2D eigenvalue weighted by atomic mass is 16.5. The van der Waals surface area contributed by atoms with E-state index in [2.05, 4.69) is 27.7 Å². The Balaban J connectivity index is 2.41. The third-order valence-corrected chi connectivity index (χ3v) is 4.37. The van der Waals surface area contributed by atoms with Gasteiger partial charge in [0.25, 0.3) is 0 Å². The Morgan fingerprint density at radius 3 is 2.29 bits per heavy atom. The smallest absolute Gasteiger partial charge is 0.163 e. The lowest BCUT2D eigenvalue weighted by atomic mass is 9.78. The van der Waals surface area contributed by atoms with Gasteiger partial charge in [0, 0.05) is 17.4 Å². The molecule has 1 unspecified atom stereocenters. The first-order chi connectivity index (χ1) is 9.84. The molecule has 0 saturated carbocycles. The number of benzene rings is 2. The highest BCUT2D eigenvalue weighted by molar-refractivity contribution is 6.09. The van der Waals surface area contributed by atoms with Gasteiger partial charge in [-0.05, 0) is 28.9 Å². The first-order valence-corrected chi connectivity index (χ1v) is 7.43. The first-order valence-electron chi connectivity index (χ1n) is 7.43. The third-order valence-electron chi connectivity index (χ3n) is 4.37. The summed E-state index contributed by atoms with van der Waals surface area (Å²) in [6.45, 7) is 8.68.